The molecule has 2 aliphatic heterocycles. The van der Waals surface area contributed by atoms with Gasteiger partial charge in [-0.1, -0.05) is 19.1 Å². The lowest BCUT2D eigenvalue weighted by atomic mass is 10.0. The average molecular weight is 521 g/mol. The second kappa shape index (κ2) is 12.0. The number of amidine groups is 1. The number of aliphatic imine (C=N–C) groups is 1. The highest BCUT2D eigenvalue weighted by Gasteiger charge is 2.36. The fourth-order valence-corrected chi connectivity index (χ4v) is 4.56. The van der Waals surface area contributed by atoms with E-state index in [1.807, 2.05) is 32.0 Å². The first-order valence-electron chi connectivity index (χ1n) is 12.7. The third kappa shape index (κ3) is 5.72. The molecule has 2 amide bonds. The Hall–Kier alpha value is -4.12. The summed E-state index contributed by atoms with van der Waals surface area (Å²) in [6.45, 7) is 5.13. The molecule has 2 aliphatic rings. The van der Waals surface area contributed by atoms with Gasteiger partial charge in [0.1, 0.15) is 11.9 Å². The fraction of sp³-hybridized carbons (Fsp3) is 0.407. The topological polar surface area (TPSA) is 140 Å². The lowest BCUT2D eigenvalue weighted by Crippen LogP contribution is -2.41. The molecule has 2 aromatic rings. The Morgan fingerprint density at radius 1 is 1.16 bits per heavy atom. The number of hydroxylamine groups is 2. The number of hydrogen-bond acceptors (Lipinski definition) is 9. The number of benzene rings is 1. The number of ether oxygens (including phenoxy) is 1. The average Bonchev–Trinajstić information content (AvgIpc) is 3.35. The van der Waals surface area contributed by atoms with Crippen molar-refractivity contribution in [1.82, 2.24) is 19.9 Å². The maximum Gasteiger partial charge on any atom is 0.328 e. The Labute approximate surface area is 221 Å². The van der Waals surface area contributed by atoms with E-state index in [9.17, 15) is 14.4 Å². The van der Waals surface area contributed by atoms with Crippen molar-refractivity contribution in [1.29, 1.82) is 0 Å². The van der Waals surface area contributed by atoms with Gasteiger partial charge in [-0.25, -0.2) is 24.8 Å². The molecule has 0 spiro atoms. The number of likely N-dealkylation sites (tertiary alicyclic amines) is 1. The smallest absolute Gasteiger partial charge is 0.328 e. The Kier molecular flexibility index (Phi) is 8.47. The van der Waals surface area contributed by atoms with Gasteiger partial charge in [-0.15, -0.1) is 0 Å². The first kappa shape index (κ1) is 26.9. The Morgan fingerprint density at radius 2 is 1.92 bits per heavy atom. The lowest BCUT2D eigenvalue weighted by molar-refractivity contribution is -0.180. The summed E-state index contributed by atoms with van der Waals surface area (Å²) in [4.78, 5) is 58.0. The molecule has 1 aromatic heterocycles. The zero-order chi connectivity index (χ0) is 27.2. The molecule has 1 fully saturated rings. The summed E-state index contributed by atoms with van der Waals surface area (Å²) in [5.74, 6) is -0.748. The minimum atomic E-state index is -0.615. The van der Waals surface area contributed by atoms with E-state index in [1.165, 1.54) is 17.1 Å². The number of fused-ring (bicyclic) bond motifs is 1. The van der Waals surface area contributed by atoms with Crippen molar-refractivity contribution in [2.75, 3.05) is 26.8 Å². The SMILES string of the molecule is CCCN(OCC)C(=O)C1=Cc2ccc(-c3cnc(C(=O)N4CCC[C@H]4C(=O)OC)nc3)cc2N=C(N)C1. The number of hydrogen-bond donors (Lipinski definition) is 1. The van der Waals surface area contributed by atoms with Crippen LogP contribution in [0, 0.1) is 0 Å². The van der Waals surface area contributed by atoms with Gasteiger partial charge in [0.15, 0.2) is 0 Å². The predicted octanol–water partition coefficient (Wildman–Crippen LogP) is 2.89. The standard InChI is InChI=1S/C27H32N6O5/c1-4-10-33(38-5-2)25(34)19-12-18-9-8-17(13-21(18)31-23(28)14-19)20-15-29-24(30-16-20)26(35)32-11-6-7-22(32)27(36)37-3/h8-9,12-13,15-16,22H,4-7,10-11,14H2,1-3H3,(H2,28,31)/t22-/m0/s1. The molecule has 38 heavy (non-hydrogen) atoms. The van der Waals surface area contributed by atoms with Crippen molar-refractivity contribution < 1.29 is 24.0 Å². The zero-order valence-electron chi connectivity index (χ0n) is 21.8. The van der Waals surface area contributed by atoms with E-state index < -0.39 is 17.9 Å². The molecule has 2 N–H and O–H groups in total. The molecule has 0 aliphatic carbocycles. The van der Waals surface area contributed by atoms with Crippen molar-refractivity contribution in [3.05, 3.63) is 47.6 Å². The van der Waals surface area contributed by atoms with Crippen LogP contribution in [0.1, 0.15) is 55.7 Å². The third-order valence-electron chi connectivity index (χ3n) is 6.37. The number of aromatic nitrogens is 2. The number of carbonyl (C=O) groups is 3. The number of nitrogens with zero attached hydrogens (tertiary/aromatic N) is 5. The summed E-state index contributed by atoms with van der Waals surface area (Å²) in [6.07, 6.45) is 7.15. The maximum atomic E-state index is 13.1. The van der Waals surface area contributed by atoms with Gasteiger partial charge in [0, 0.05) is 48.6 Å². The number of methoxy groups -OCH3 is 1. The molecule has 0 unspecified atom stereocenters. The van der Waals surface area contributed by atoms with Crippen molar-refractivity contribution >= 4 is 35.4 Å². The van der Waals surface area contributed by atoms with Gasteiger partial charge < -0.3 is 15.4 Å². The van der Waals surface area contributed by atoms with Crippen LogP contribution in [0.2, 0.25) is 0 Å². The van der Waals surface area contributed by atoms with E-state index in [4.69, 9.17) is 15.3 Å². The summed E-state index contributed by atoms with van der Waals surface area (Å²) < 4.78 is 4.82. The van der Waals surface area contributed by atoms with Crippen LogP contribution in [-0.4, -0.2) is 76.4 Å². The number of esters is 1. The van der Waals surface area contributed by atoms with E-state index in [1.54, 1.807) is 18.5 Å². The lowest BCUT2D eigenvalue weighted by Gasteiger charge is -2.21. The highest BCUT2D eigenvalue weighted by molar-refractivity contribution is 6.05. The minimum Gasteiger partial charge on any atom is -0.467 e. The van der Waals surface area contributed by atoms with Gasteiger partial charge in [0.25, 0.3) is 11.8 Å². The maximum absolute atomic E-state index is 13.1. The van der Waals surface area contributed by atoms with E-state index in [-0.39, 0.29) is 18.2 Å². The van der Waals surface area contributed by atoms with E-state index in [2.05, 4.69) is 15.0 Å². The predicted molar refractivity (Wildman–Crippen MR) is 141 cm³/mol. The van der Waals surface area contributed by atoms with Gasteiger partial charge in [-0.05, 0) is 43.9 Å². The van der Waals surface area contributed by atoms with Crippen LogP contribution >= 0.6 is 0 Å². The molecule has 4 rings (SSSR count). The van der Waals surface area contributed by atoms with Crippen molar-refractivity contribution in [3.63, 3.8) is 0 Å². The second-order valence-corrected chi connectivity index (χ2v) is 9.02. The fourth-order valence-electron chi connectivity index (χ4n) is 4.56. The number of rotatable bonds is 8. The quantitative estimate of drug-likeness (QED) is 0.414. The summed E-state index contributed by atoms with van der Waals surface area (Å²) >= 11 is 0. The molecule has 3 heterocycles. The molecule has 0 radical (unpaired) electrons. The summed E-state index contributed by atoms with van der Waals surface area (Å²) in [6, 6.07) is 4.95. The van der Waals surface area contributed by atoms with Crippen LogP contribution in [0.5, 0.6) is 0 Å². The molecule has 11 heteroatoms. The molecule has 200 valence electrons. The van der Waals surface area contributed by atoms with Crippen molar-refractivity contribution in [3.8, 4) is 11.1 Å². The third-order valence-corrected chi connectivity index (χ3v) is 6.37. The van der Waals surface area contributed by atoms with Gasteiger partial charge in [0.05, 0.1) is 19.4 Å². The van der Waals surface area contributed by atoms with E-state index >= 15 is 0 Å². The Morgan fingerprint density at radius 3 is 2.61 bits per heavy atom. The van der Waals surface area contributed by atoms with Gasteiger partial charge in [0.2, 0.25) is 5.82 Å². The number of nitrogens with two attached hydrogens (primary N) is 1. The number of amides is 2. The molecular weight excluding hydrogens is 488 g/mol. The molecule has 0 saturated carbocycles. The molecule has 1 aromatic carbocycles. The second-order valence-electron chi connectivity index (χ2n) is 9.02. The summed E-state index contributed by atoms with van der Waals surface area (Å²) in [7, 11) is 1.31. The molecular formula is C27H32N6O5. The molecule has 1 atom stereocenters. The van der Waals surface area contributed by atoms with Gasteiger partial charge in [-0.2, -0.15) is 0 Å². The largest absolute Gasteiger partial charge is 0.467 e. The first-order valence-corrected chi connectivity index (χ1v) is 12.7. The molecule has 11 nitrogen and oxygen atoms in total. The molecule has 1 saturated heterocycles. The minimum absolute atomic E-state index is 0.0126. The summed E-state index contributed by atoms with van der Waals surface area (Å²) in [5, 5.41) is 1.37. The van der Waals surface area contributed by atoms with Crippen LogP contribution < -0.4 is 5.73 Å². The van der Waals surface area contributed by atoms with Crippen molar-refractivity contribution in [2.45, 2.75) is 45.6 Å². The van der Waals surface area contributed by atoms with Crippen LogP contribution in [0.15, 0.2) is 41.2 Å². The highest BCUT2D eigenvalue weighted by Crippen LogP contribution is 2.32. The first-order chi connectivity index (χ1) is 18.4. The van der Waals surface area contributed by atoms with Gasteiger partial charge in [-0.3, -0.25) is 14.4 Å². The van der Waals surface area contributed by atoms with Crippen LogP contribution in [0.4, 0.5) is 5.69 Å². The van der Waals surface area contributed by atoms with Crippen LogP contribution in [-0.2, 0) is 19.2 Å². The van der Waals surface area contributed by atoms with Gasteiger partial charge >= 0.3 is 5.97 Å². The molecule has 0 bridgehead atoms. The monoisotopic (exact) mass is 520 g/mol. The van der Waals surface area contributed by atoms with Crippen molar-refractivity contribution in [2.24, 2.45) is 10.7 Å². The van der Waals surface area contributed by atoms with Crippen LogP contribution in [0.25, 0.3) is 17.2 Å². The zero-order valence-corrected chi connectivity index (χ0v) is 21.8. The van der Waals surface area contributed by atoms with E-state index in [0.717, 1.165) is 17.5 Å². The van der Waals surface area contributed by atoms with Crippen LogP contribution in [0.3, 0.4) is 0 Å². The number of carbonyl (C=O) groups excluding carboxylic acids is 3. The Bertz CT molecular complexity index is 1270. The highest BCUT2D eigenvalue weighted by atomic mass is 16.7. The van der Waals surface area contributed by atoms with E-state index in [0.29, 0.717) is 55.2 Å². The normalized spacial score (nSPS) is 16.7. The Balaban J connectivity index is 1.56. The summed E-state index contributed by atoms with van der Waals surface area (Å²) in [5.41, 5.74) is 9.48.